The molecule has 5 heteroatoms. The second-order valence-corrected chi connectivity index (χ2v) is 5.63. The van der Waals surface area contributed by atoms with E-state index in [4.69, 9.17) is 9.47 Å². The van der Waals surface area contributed by atoms with Crippen LogP contribution in [0.5, 0.6) is 5.75 Å². The van der Waals surface area contributed by atoms with E-state index in [1.807, 2.05) is 57.2 Å². The van der Waals surface area contributed by atoms with E-state index in [0.717, 1.165) is 16.7 Å². The average molecular weight is 327 g/mol. The molecule has 2 aromatic rings. The Kier molecular flexibility index (Phi) is 5.95. The molecule has 5 nitrogen and oxygen atoms in total. The molecule has 2 aromatic carbocycles. The van der Waals surface area contributed by atoms with Crippen molar-refractivity contribution in [1.82, 2.24) is 0 Å². The number of nitrogens with one attached hydrogen (secondary N) is 1. The molecule has 0 atom stereocenters. The molecule has 0 spiro atoms. The van der Waals surface area contributed by atoms with Crippen molar-refractivity contribution in [2.45, 2.75) is 20.8 Å². The minimum absolute atomic E-state index is 0.236. The number of aryl methyl sites for hydroxylation is 3. The van der Waals surface area contributed by atoms with Crippen molar-refractivity contribution >= 4 is 17.6 Å². The van der Waals surface area contributed by atoms with Crippen LogP contribution in [0.1, 0.15) is 16.7 Å². The molecule has 0 fully saturated rings. The van der Waals surface area contributed by atoms with Gasteiger partial charge in [0.05, 0.1) is 0 Å². The number of benzene rings is 2. The fourth-order valence-electron chi connectivity index (χ4n) is 2.18. The van der Waals surface area contributed by atoms with Gasteiger partial charge in [0.15, 0.2) is 13.2 Å². The zero-order chi connectivity index (χ0) is 17.5. The highest BCUT2D eigenvalue weighted by Crippen LogP contribution is 2.16. The summed E-state index contributed by atoms with van der Waals surface area (Å²) >= 11 is 0. The first kappa shape index (κ1) is 17.5. The van der Waals surface area contributed by atoms with Crippen LogP contribution < -0.4 is 10.1 Å². The summed E-state index contributed by atoms with van der Waals surface area (Å²) < 4.78 is 10.2. The normalized spacial score (nSPS) is 10.1. The van der Waals surface area contributed by atoms with Crippen molar-refractivity contribution in [3.8, 4) is 5.75 Å². The van der Waals surface area contributed by atoms with E-state index in [1.54, 1.807) is 6.07 Å². The molecule has 0 saturated carbocycles. The van der Waals surface area contributed by atoms with Crippen LogP contribution in [0.4, 0.5) is 5.69 Å². The van der Waals surface area contributed by atoms with Crippen LogP contribution in [0.2, 0.25) is 0 Å². The quantitative estimate of drug-likeness (QED) is 0.828. The monoisotopic (exact) mass is 327 g/mol. The van der Waals surface area contributed by atoms with Gasteiger partial charge >= 0.3 is 5.97 Å². The zero-order valence-electron chi connectivity index (χ0n) is 14.1. The molecule has 0 aliphatic heterocycles. The Bertz CT molecular complexity index is 740. The fourth-order valence-corrected chi connectivity index (χ4v) is 2.18. The summed E-state index contributed by atoms with van der Waals surface area (Å²) in [6.07, 6.45) is 0. The molecule has 0 heterocycles. The second kappa shape index (κ2) is 8.15. The molecule has 0 aliphatic rings. The van der Waals surface area contributed by atoms with Gasteiger partial charge in [0.2, 0.25) is 0 Å². The molecule has 0 unspecified atom stereocenters. The molecule has 1 N–H and O–H groups in total. The number of amides is 1. The predicted molar refractivity (Wildman–Crippen MR) is 92.2 cm³/mol. The van der Waals surface area contributed by atoms with Crippen LogP contribution in [0, 0.1) is 20.8 Å². The van der Waals surface area contributed by atoms with Gasteiger partial charge in [-0.25, -0.2) is 4.79 Å². The Morgan fingerprint density at radius 1 is 0.958 bits per heavy atom. The first-order chi connectivity index (χ1) is 11.4. The first-order valence-electron chi connectivity index (χ1n) is 7.66. The van der Waals surface area contributed by atoms with E-state index < -0.39 is 5.97 Å². The molecule has 0 saturated heterocycles. The lowest BCUT2D eigenvalue weighted by Gasteiger charge is -2.10. The number of ether oxygens (including phenoxy) is 2. The molecular formula is C19H21NO4. The van der Waals surface area contributed by atoms with Crippen LogP contribution >= 0.6 is 0 Å². The van der Waals surface area contributed by atoms with Crippen LogP contribution in [0.15, 0.2) is 42.5 Å². The van der Waals surface area contributed by atoms with E-state index in [2.05, 4.69) is 5.32 Å². The Morgan fingerprint density at radius 2 is 1.71 bits per heavy atom. The molecule has 126 valence electrons. The number of hydrogen-bond acceptors (Lipinski definition) is 4. The minimum atomic E-state index is -0.590. The average Bonchev–Trinajstić information content (AvgIpc) is 2.54. The summed E-state index contributed by atoms with van der Waals surface area (Å²) in [7, 11) is 0. The number of rotatable bonds is 6. The highest BCUT2D eigenvalue weighted by Gasteiger charge is 2.10. The lowest BCUT2D eigenvalue weighted by Crippen LogP contribution is -2.24. The number of esters is 1. The van der Waals surface area contributed by atoms with Gasteiger partial charge < -0.3 is 14.8 Å². The van der Waals surface area contributed by atoms with Gasteiger partial charge in [-0.1, -0.05) is 29.8 Å². The smallest absolute Gasteiger partial charge is 0.344 e. The zero-order valence-corrected chi connectivity index (χ0v) is 14.1. The Labute approximate surface area is 141 Å². The number of anilines is 1. The maximum atomic E-state index is 11.8. The topological polar surface area (TPSA) is 64.6 Å². The van der Waals surface area contributed by atoms with Gasteiger partial charge in [-0.3, -0.25) is 4.79 Å². The SMILES string of the molecule is Cc1cccc(OCC(=O)OCC(=O)Nc2ccc(C)cc2C)c1. The summed E-state index contributed by atoms with van der Waals surface area (Å²) in [5, 5.41) is 2.72. The molecule has 2 rings (SSSR count). The lowest BCUT2D eigenvalue weighted by molar-refractivity contribution is -0.149. The van der Waals surface area contributed by atoms with Crippen molar-refractivity contribution in [2.75, 3.05) is 18.5 Å². The molecule has 0 bridgehead atoms. The maximum Gasteiger partial charge on any atom is 0.344 e. The van der Waals surface area contributed by atoms with Gasteiger partial charge in [0.25, 0.3) is 5.91 Å². The van der Waals surface area contributed by atoms with Crippen molar-refractivity contribution in [2.24, 2.45) is 0 Å². The Balaban J connectivity index is 1.75. The molecule has 0 aliphatic carbocycles. The van der Waals surface area contributed by atoms with E-state index in [-0.39, 0.29) is 19.1 Å². The van der Waals surface area contributed by atoms with E-state index in [0.29, 0.717) is 11.4 Å². The number of carbonyl (C=O) groups is 2. The van der Waals surface area contributed by atoms with Crippen LogP contribution in [-0.2, 0) is 14.3 Å². The number of hydrogen-bond donors (Lipinski definition) is 1. The summed E-state index contributed by atoms with van der Waals surface area (Å²) in [4.78, 5) is 23.5. The van der Waals surface area contributed by atoms with Crippen molar-refractivity contribution in [1.29, 1.82) is 0 Å². The first-order valence-corrected chi connectivity index (χ1v) is 7.66. The minimum Gasteiger partial charge on any atom is -0.482 e. The molecular weight excluding hydrogens is 306 g/mol. The van der Waals surface area contributed by atoms with Gasteiger partial charge in [-0.05, 0) is 50.1 Å². The van der Waals surface area contributed by atoms with Crippen LogP contribution in [-0.4, -0.2) is 25.1 Å². The third kappa shape index (κ3) is 5.43. The second-order valence-electron chi connectivity index (χ2n) is 5.63. The summed E-state index contributed by atoms with van der Waals surface area (Å²) in [6.45, 7) is 5.24. The molecule has 1 amide bonds. The van der Waals surface area contributed by atoms with Gasteiger partial charge in [-0.2, -0.15) is 0 Å². The van der Waals surface area contributed by atoms with Gasteiger partial charge in [0, 0.05) is 5.69 Å². The predicted octanol–water partition coefficient (Wildman–Crippen LogP) is 3.17. The third-order valence-corrected chi connectivity index (χ3v) is 3.37. The largest absolute Gasteiger partial charge is 0.482 e. The Morgan fingerprint density at radius 3 is 2.42 bits per heavy atom. The number of carbonyl (C=O) groups excluding carboxylic acids is 2. The fraction of sp³-hybridized carbons (Fsp3) is 0.263. The van der Waals surface area contributed by atoms with Gasteiger partial charge in [0.1, 0.15) is 5.75 Å². The molecule has 0 radical (unpaired) electrons. The summed E-state index contributed by atoms with van der Waals surface area (Å²) in [5.41, 5.74) is 3.81. The maximum absolute atomic E-state index is 11.8. The highest BCUT2D eigenvalue weighted by molar-refractivity contribution is 5.93. The van der Waals surface area contributed by atoms with Crippen molar-refractivity contribution in [3.63, 3.8) is 0 Å². The van der Waals surface area contributed by atoms with Gasteiger partial charge in [-0.15, -0.1) is 0 Å². The molecule has 24 heavy (non-hydrogen) atoms. The van der Waals surface area contributed by atoms with E-state index in [1.165, 1.54) is 0 Å². The third-order valence-electron chi connectivity index (χ3n) is 3.37. The molecule has 0 aromatic heterocycles. The van der Waals surface area contributed by atoms with Crippen LogP contribution in [0.3, 0.4) is 0 Å². The lowest BCUT2D eigenvalue weighted by atomic mass is 10.1. The van der Waals surface area contributed by atoms with Crippen molar-refractivity contribution < 1.29 is 19.1 Å². The highest BCUT2D eigenvalue weighted by atomic mass is 16.6. The van der Waals surface area contributed by atoms with E-state index >= 15 is 0 Å². The van der Waals surface area contributed by atoms with Crippen LogP contribution in [0.25, 0.3) is 0 Å². The van der Waals surface area contributed by atoms with E-state index in [9.17, 15) is 9.59 Å². The standard InChI is InChI=1S/C19H21NO4/c1-13-5-4-6-16(10-13)23-12-19(22)24-11-18(21)20-17-8-7-14(2)9-15(17)3/h4-10H,11-12H2,1-3H3,(H,20,21). The van der Waals surface area contributed by atoms with Crippen molar-refractivity contribution in [3.05, 3.63) is 59.2 Å². The summed E-state index contributed by atoms with van der Waals surface area (Å²) in [6, 6.07) is 13.1. The summed E-state index contributed by atoms with van der Waals surface area (Å²) in [5.74, 6) is -0.384. The Hall–Kier alpha value is -2.82.